The Morgan fingerprint density at radius 3 is 2.80 bits per heavy atom. The lowest BCUT2D eigenvalue weighted by atomic mass is 10.2. The molecular formula is C12H13BrFN. The highest BCUT2D eigenvalue weighted by atomic mass is 79.9. The number of allylic oxidation sites excluding steroid dienone is 4. The topological polar surface area (TPSA) is 3.24 Å². The third kappa shape index (κ3) is 2.61. The quantitative estimate of drug-likeness (QED) is 0.657. The van der Waals surface area contributed by atoms with Gasteiger partial charge in [0.1, 0.15) is 5.83 Å². The van der Waals surface area contributed by atoms with E-state index in [1.165, 1.54) is 12.8 Å². The predicted octanol–water partition coefficient (Wildman–Crippen LogP) is 3.66. The summed E-state index contributed by atoms with van der Waals surface area (Å²) in [4.78, 5) is 2.18. The fourth-order valence-corrected chi connectivity index (χ4v) is 2.10. The van der Waals surface area contributed by atoms with Crippen LogP contribution >= 0.6 is 15.9 Å². The van der Waals surface area contributed by atoms with Crippen molar-refractivity contribution in [2.75, 3.05) is 13.1 Å². The van der Waals surface area contributed by atoms with E-state index < -0.39 is 0 Å². The van der Waals surface area contributed by atoms with Crippen molar-refractivity contribution in [2.24, 2.45) is 0 Å². The van der Waals surface area contributed by atoms with Gasteiger partial charge in [0, 0.05) is 23.6 Å². The molecule has 0 aromatic carbocycles. The van der Waals surface area contributed by atoms with Crippen LogP contribution in [0.2, 0.25) is 0 Å². The minimum absolute atomic E-state index is 0.211. The van der Waals surface area contributed by atoms with Gasteiger partial charge in [-0.15, -0.1) is 0 Å². The second kappa shape index (κ2) is 4.82. The minimum atomic E-state index is -0.211. The Balaban J connectivity index is 2.26. The molecule has 1 aliphatic heterocycles. The first-order valence-electron chi connectivity index (χ1n) is 5.21. The number of likely N-dealkylation sites (tertiary alicyclic amines) is 1. The van der Waals surface area contributed by atoms with Crippen molar-refractivity contribution < 1.29 is 4.39 Å². The molecule has 1 saturated heterocycles. The minimum Gasteiger partial charge on any atom is -0.365 e. The van der Waals surface area contributed by atoms with Crippen LogP contribution in [0.1, 0.15) is 19.3 Å². The molecule has 0 aromatic heterocycles. The van der Waals surface area contributed by atoms with Gasteiger partial charge in [0.05, 0.1) is 5.70 Å². The van der Waals surface area contributed by atoms with E-state index in [1.807, 2.05) is 6.08 Å². The van der Waals surface area contributed by atoms with Gasteiger partial charge < -0.3 is 4.90 Å². The average molecular weight is 270 g/mol. The number of hydrogen-bond acceptors (Lipinski definition) is 1. The monoisotopic (exact) mass is 269 g/mol. The summed E-state index contributed by atoms with van der Waals surface area (Å²) in [7, 11) is 0. The molecule has 1 fully saturated rings. The lowest BCUT2D eigenvalue weighted by molar-refractivity contribution is 0.438. The van der Waals surface area contributed by atoms with Crippen LogP contribution in [-0.4, -0.2) is 18.0 Å². The van der Waals surface area contributed by atoms with Gasteiger partial charge in [-0.1, -0.05) is 11.8 Å². The molecule has 0 unspecified atom stereocenters. The van der Waals surface area contributed by atoms with Crippen LogP contribution in [-0.2, 0) is 0 Å². The third-order valence-electron chi connectivity index (χ3n) is 2.60. The zero-order valence-electron chi connectivity index (χ0n) is 8.47. The summed E-state index contributed by atoms with van der Waals surface area (Å²) in [5, 5.41) is 0. The number of halogens is 2. The molecule has 0 saturated carbocycles. The summed E-state index contributed by atoms with van der Waals surface area (Å²) in [6, 6.07) is 0. The van der Waals surface area contributed by atoms with Crippen molar-refractivity contribution in [3.63, 3.8) is 0 Å². The molecule has 2 rings (SSSR count). The van der Waals surface area contributed by atoms with Gasteiger partial charge >= 0.3 is 0 Å². The number of nitrogens with zero attached hydrogens (tertiary/aromatic N) is 1. The van der Waals surface area contributed by atoms with Crippen LogP contribution in [0.15, 0.2) is 40.0 Å². The van der Waals surface area contributed by atoms with E-state index in [4.69, 9.17) is 0 Å². The molecule has 1 aliphatic carbocycles. The SMILES string of the molecule is FC1=C/C(N2CCCC2)=C=CC/C=C\1Br. The molecule has 1 heterocycles. The maximum Gasteiger partial charge on any atom is 0.139 e. The Bertz CT molecular complexity index is 369. The predicted molar refractivity (Wildman–Crippen MR) is 63.2 cm³/mol. The Labute approximate surface area is 97.8 Å². The van der Waals surface area contributed by atoms with E-state index in [0.717, 1.165) is 25.2 Å². The Hall–Kier alpha value is -0.790. The van der Waals surface area contributed by atoms with Gasteiger partial charge in [-0.3, -0.25) is 0 Å². The number of rotatable bonds is 1. The molecule has 0 amide bonds. The van der Waals surface area contributed by atoms with Crippen LogP contribution < -0.4 is 0 Å². The average Bonchev–Trinajstić information content (AvgIpc) is 2.72. The largest absolute Gasteiger partial charge is 0.365 e. The summed E-state index contributed by atoms with van der Waals surface area (Å²) >= 11 is 3.21. The van der Waals surface area contributed by atoms with Crippen molar-refractivity contribution in [3.05, 3.63) is 40.0 Å². The molecule has 80 valence electrons. The van der Waals surface area contributed by atoms with Gasteiger partial charge in [0.25, 0.3) is 0 Å². The van der Waals surface area contributed by atoms with E-state index in [-0.39, 0.29) is 5.83 Å². The van der Waals surface area contributed by atoms with E-state index in [9.17, 15) is 4.39 Å². The van der Waals surface area contributed by atoms with Gasteiger partial charge in [0.2, 0.25) is 0 Å². The summed E-state index contributed by atoms with van der Waals surface area (Å²) in [6.07, 6.45) is 8.41. The Morgan fingerprint density at radius 1 is 1.33 bits per heavy atom. The van der Waals surface area contributed by atoms with Crippen LogP contribution in [0.3, 0.4) is 0 Å². The molecule has 3 heteroatoms. The van der Waals surface area contributed by atoms with Crippen molar-refractivity contribution in [3.8, 4) is 0 Å². The highest BCUT2D eigenvalue weighted by Crippen LogP contribution is 2.24. The fourth-order valence-electron chi connectivity index (χ4n) is 1.79. The van der Waals surface area contributed by atoms with Crippen molar-refractivity contribution >= 4 is 15.9 Å². The van der Waals surface area contributed by atoms with E-state index in [2.05, 4.69) is 26.6 Å². The fraction of sp³-hybridized carbons (Fsp3) is 0.417. The van der Waals surface area contributed by atoms with Crippen LogP contribution in [0, 0.1) is 0 Å². The van der Waals surface area contributed by atoms with Crippen LogP contribution in [0.25, 0.3) is 0 Å². The van der Waals surface area contributed by atoms with Crippen molar-refractivity contribution in [2.45, 2.75) is 19.3 Å². The molecule has 0 bridgehead atoms. The van der Waals surface area contributed by atoms with E-state index in [1.54, 1.807) is 12.2 Å². The third-order valence-corrected chi connectivity index (χ3v) is 3.31. The summed E-state index contributed by atoms with van der Waals surface area (Å²) in [5.41, 5.74) is 4.02. The molecule has 0 aromatic rings. The first-order chi connectivity index (χ1) is 7.27. The van der Waals surface area contributed by atoms with Crippen molar-refractivity contribution in [1.82, 2.24) is 4.90 Å². The summed E-state index contributed by atoms with van der Waals surface area (Å²) in [6.45, 7) is 2.03. The van der Waals surface area contributed by atoms with Crippen LogP contribution in [0.5, 0.6) is 0 Å². The van der Waals surface area contributed by atoms with Crippen molar-refractivity contribution in [1.29, 1.82) is 0 Å². The first kappa shape index (κ1) is 10.7. The van der Waals surface area contributed by atoms with Crippen LogP contribution in [0.4, 0.5) is 4.39 Å². The van der Waals surface area contributed by atoms with E-state index >= 15 is 0 Å². The molecule has 0 N–H and O–H groups in total. The highest BCUT2D eigenvalue weighted by molar-refractivity contribution is 9.11. The Kier molecular flexibility index (Phi) is 3.45. The smallest absolute Gasteiger partial charge is 0.139 e. The molecule has 0 atom stereocenters. The summed E-state index contributed by atoms with van der Waals surface area (Å²) in [5.74, 6) is -0.211. The zero-order chi connectivity index (χ0) is 10.7. The van der Waals surface area contributed by atoms with Gasteiger partial charge in [-0.25, -0.2) is 4.39 Å². The van der Waals surface area contributed by atoms with Gasteiger partial charge in [0.15, 0.2) is 0 Å². The Morgan fingerprint density at radius 2 is 2.07 bits per heavy atom. The number of hydrogen-bond donors (Lipinski definition) is 0. The molecule has 0 spiro atoms. The molecule has 0 radical (unpaired) electrons. The lowest BCUT2D eigenvalue weighted by Gasteiger charge is -2.17. The molecule has 1 nitrogen and oxygen atoms in total. The second-order valence-corrected chi connectivity index (χ2v) is 4.56. The first-order valence-corrected chi connectivity index (χ1v) is 6.00. The molecule has 2 aliphatic rings. The maximum atomic E-state index is 13.6. The van der Waals surface area contributed by atoms with Gasteiger partial charge in [-0.05, 0) is 41.3 Å². The van der Waals surface area contributed by atoms with Gasteiger partial charge in [-0.2, -0.15) is 0 Å². The maximum absolute atomic E-state index is 13.6. The summed E-state index contributed by atoms with van der Waals surface area (Å²) < 4.78 is 14.1. The second-order valence-electron chi connectivity index (χ2n) is 3.71. The molecule has 15 heavy (non-hydrogen) atoms. The lowest BCUT2D eigenvalue weighted by Crippen LogP contribution is -2.16. The zero-order valence-corrected chi connectivity index (χ0v) is 10.1. The normalized spacial score (nSPS) is 28.7. The van der Waals surface area contributed by atoms with E-state index in [0.29, 0.717) is 4.48 Å². The highest BCUT2D eigenvalue weighted by Gasteiger charge is 2.14. The standard InChI is InChI=1S/C12H13BrFN/c13-11-6-2-1-5-10(9-12(11)14)15-7-3-4-8-15/h1,6,9H,2-4,7-8H2/b11-6+,12-9+. The molecular weight excluding hydrogens is 257 g/mol.